The van der Waals surface area contributed by atoms with Crippen molar-refractivity contribution in [2.45, 2.75) is 45.2 Å². The maximum atomic E-state index is 11.7. The topological polar surface area (TPSA) is 70.4 Å². The van der Waals surface area contributed by atoms with Crippen molar-refractivity contribution in [1.29, 1.82) is 0 Å². The molecule has 1 aromatic carbocycles. The molecule has 0 spiro atoms. The monoisotopic (exact) mass is 364 g/mol. The van der Waals surface area contributed by atoms with E-state index in [1.807, 2.05) is 16.8 Å². The van der Waals surface area contributed by atoms with Gasteiger partial charge >= 0.3 is 24.8 Å². The zero-order chi connectivity index (χ0) is 18.3. The van der Waals surface area contributed by atoms with E-state index in [1.54, 1.807) is 6.07 Å². The van der Waals surface area contributed by atoms with Crippen LogP contribution in [0.2, 0.25) is 0 Å². The molecule has 27 heavy (non-hydrogen) atoms. The second kappa shape index (κ2) is 8.36. The molecule has 1 atom stereocenters. The Bertz CT molecular complexity index is 818. The van der Waals surface area contributed by atoms with Gasteiger partial charge in [0.2, 0.25) is 0 Å². The number of benzene rings is 1. The Labute approximate surface area is 174 Å². The molecular weight excluding hydrogens is 335 g/mol. The van der Waals surface area contributed by atoms with Crippen molar-refractivity contribution in [3.8, 4) is 0 Å². The molecule has 2 N–H and O–H groups in total. The number of aromatic nitrogens is 2. The summed E-state index contributed by atoms with van der Waals surface area (Å²) in [6.07, 6.45) is 3.35. The van der Waals surface area contributed by atoms with E-state index in [0.29, 0.717) is 11.6 Å². The van der Waals surface area contributed by atoms with Gasteiger partial charge in [0.15, 0.2) is 0 Å². The molecule has 0 amide bonds. The van der Waals surface area contributed by atoms with Gasteiger partial charge in [-0.25, -0.2) is 4.79 Å². The summed E-state index contributed by atoms with van der Waals surface area (Å²) in [6, 6.07) is 6.22. The van der Waals surface area contributed by atoms with Crippen LogP contribution in [0.3, 0.4) is 0 Å². The number of carboxylic acid groups (broad SMARTS) is 1. The Hall–Kier alpha value is -1.32. The van der Waals surface area contributed by atoms with Gasteiger partial charge in [-0.15, -0.1) is 0 Å². The first-order chi connectivity index (χ1) is 12.5. The van der Waals surface area contributed by atoms with Crippen LogP contribution in [0.4, 0.5) is 0 Å². The first kappa shape index (κ1) is 20.4. The standard InChI is InChI=1S/C20H28N4O2.Li.H/c1-13(2)24-18-5-3-4-15(20(25)26)19(18)16(22-24)6-9-21-17-12-23-10-7-14(17)8-11-23;;/h3-5,13-14,17,21H,6-12H2,1-2H3,(H,25,26);;/q;+1;-1. The average molecular weight is 364 g/mol. The van der Waals surface area contributed by atoms with E-state index >= 15 is 0 Å². The van der Waals surface area contributed by atoms with E-state index in [4.69, 9.17) is 5.10 Å². The van der Waals surface area contributed by atoms with Gasteiger partial charge in [-0.2, -0.15) is 5.10 Å². The minimum absolute atomic E-state index is 0. The van der Waals surface area contributed by atoms with Crippen molar-refractivity contribution < 1.29 is 30.2 Å². The van der Waals surface area contributed by atoms with Crippen molar-refractivity contribution in [2.24, 2.45) is 5.92 Å². The molecule has 3 aliphatic rings. The molecule has 2 bridgehead atoms. The second-order valence-electron chi connectivity index (χ2n) is 7.94. The fourth-order valence-electron chi connectivity index (χ4n) is 4.59. The fraction of sp³-hybridized carbons (Fsp3) is 0.600. The Balaban J connectivity index is 0.00000140. The molecule has 0 radical (unpaired) electrons. The molecule has 2 aromatic rings. The molecule has 1 unspecified atom stereocenters. The van der Waals surface area contributed by atoms with Crippen LogP contribution in [0, 0.1) is 5.92 Å². The summed E-state index contributed by atoms with van der Waals surface area (Å²) in [7, 11) is 0. The largest absolute Gasteiger partial charge is 1.00 e. The third-order valence-corrected chi connectivity index (χ3v) is 5.95. The molecule has 6 nitrogen and oxygen atoms in total. The second-order valence-corrected chi connectivity index (χ2v) is 7.94. The van der Waals surface area contributed by atoms with E-state index in [2.05, 4.69) is 24.1 Å². The predicted molar refractivity (Wildman–Crippen MR) is 103 cm³/mol. The summed E-state index contributed by atoms with van der Waals surface area (Å²) in [6.45, 7) is 8.63. The Morgan fingerprint density at radius 2 is 2.11 bits per heavy atom. The molecule has 3 saturated heterocycles. The number of fused-ring (bicyclic) bond motifs is 4. The molecule has 7 heteroatoms. The molecule has 3 aliphatic heterocycles. The SMILES string of the molecule is CC(C)n1nc(CCNC2CN3CCC2CC3)c2c(C(=O)O)cccc21.[H-].[Li+]. The van der Waals surface area contributed by atoms with Gasteiger partial charge in [0.25, 0.3) is 0 Å². The Morgan fingerprint density at radius 3 is 2.70 bits per heavy atom. The van der Waals surface area contributed by atoms with Crippen molar-refractivity contribution in [1.82, 2.24) is 20.0 Å². The van der Waals surface area contributed by atoms with Crippen LogP contribution in [0.15, 0.2) is 18.2 Å². The number of nitrogens with one attached hydrogen (secondary N) is 1. The molecule has 4 heterocycles. The summed E-state index contributed by atoms with van der Waals surface area (Å²) < 4.78 is 1.95. The molecule has 0 aliphatic carbocycles. The zero-order valence-corrected chi connectivity index (χ0v) is 16.6. The van der Waals surface area contributed by atoms with Gasteiger partial charge < -0.3 is 16.7 Å². The van der Waals surface area contributed by atoms with Gasteiger partial charge in [0.1, 0.15) is 0 Å². The maximum absolute atomic E-state index is 11.7. The summed E-state index contributed by atoms with van der Waals surface area (Å²) in [5.74, 6) is -0.0925. The number of rotatable bonds is 6. The predicted octanol–water partition coefficient (Wildman–Crippen LogP) is -0.342. The van der Waals surface area contributed by atoms with Gasteiger partial charge in [-0.3, -0.25) is 4.68 Å². The van der Waals surface area contributed by atoms with Crippen LogP contribution in [0.25, 0.3) is 10.9 Å². The summed E-state index contributed by atoms with van der Waals surface area (Å²) in [4.78, 5) is 14.2. The molecule has 142 valence electrons. The Morgan fingerprint density at radius 1 is 1.37 bits per heavy atom. The smallest absolute Gasteiger partial charge is 1.00 e. The van der Waals surface area contributed by atoms with Gasteiger partial charge in [0.05, 0.1) is 16.8 Å². The number of piperidine rings is 3. The van der Waals surface area contributed by atoms with Gasteiger partial charge in [0, 0.05) is 37.0 Å². The van der Waals surface area contributed by atoms with E-state index in [0.717, 1.165) is 42.0 Å². The Kier molecular flexibility index (Phi) is 6.32. The molecule has 3 fully saturated rings. The molecule has 1 aromatic heterocycles. The quantitative estimate of drug-likeness (QED) is 0.687. The van der Waals surface area contributed by atoms with E-state index in [9.17, 15) is 9.90 Å². The number of aromatic carboxylic acids is 1. The number of nitrogens with zero attached hydrogens (tertiary/aromatic N) is 3. The van der Waals surface area contributed by atoms with Gasteiger partial charge in [-0.1, -0.05) is 6.07 Å². The van der Waals surface area contributed by atoms with Gasteiger partial charge in [-0.05, 0) is 57.8 Å². The number of carbonyl (C=O) groups is 1. The van der Waals surface area contributed by atoms with Crippen LogP contribution in [-0.2, 0) is 6.42 Å². The number of carboxylic acids is 1. The van der Waals surface area contributed by atoms with Crippen molar-refractivity contribution in [3.05, 3.63) is 29.5 Å². The van der Waals surface area contributed by atoms with Crippen LogP contribution >= 0.6 is 0 Å². The first-order valence-corrected chi connectivity index (χ1v) is 9.73. The maximum Gasteiger partial charge on any atom is 1.00 e. The van der Waals surface area contributed by atoms with Crippen LogP contribution < -0.4 is 24.2 Å². The average Bonchev–Trinajstić information content (AvgIpc) is 3.02. The van der Waals surface area contributed by atoms with E-state index in [-0.39, 0.29) is 26.3 Å². The number of hydrogen-bond acceptors (Lipinski definition) is 4. The summed E-state index contributed by atoms with van der Waals surface area (Å²) in [5.41, 5.74) is 2.16. The number of hydrogen-bond donors (Lipinski definition) is 2. The molecule has 5 rings (SSSR count). The summed E-state index contributed by atoms with van der Waals surface area (Å²) in [5, 5.41) is 18.9. The van der Waals surface area contributed by atoms with Crippen LogP contribution in [0.5, 0.6) is 0 Å². The normalized spacial score (nSPS) is 24.3. The minimum atomic E-state index is -0.884. The van der Waals surface area contributed by atoms with Crippen molar-refractivity contribution in [3.63, 3.8) is 0 Å². The molecular formula is C20H29LiN4O2. The minimum Gasteiger partial charge on any atom is -1.00 e. The van der Waals surface area contributed by atoms with Crippen LogP contribution in [0.1, 0.15) is 50.2 Å². The third-order valence-electron chi connectivity index (χ3n) is 5.95. The van der Waals surface area contributed by atoms with Crippen molar-refractivity contribution in [2.75, 3.05) is 26.2 Å². The molecule has 0 saturated carbocycles. The van der Waals surface area contributed by atoms with Crippen LogP contribution in [-0.4, -0.2) is 58.0 Å². The zero-order valence-electron chi connectivity index (χ0n) is 17.6. The first-order valence-electron chi connectivity index (χ1n) is 9.73. The third kappa shape index (κ3) is 3.95. The van der Waals surface area contributed by atoms with E-state index < -0.39 is 5.97 Å². The van der Waals surface area contributed by atoms with E-state index in [1.165, 1.54) is 25.9 Å². The summed E-state index contributed by atoms with van der Waals surface area (Å²) >= 11 is 0. The van der Waals surface area contributed by atoms with Crippen molar-refractivity contribution >= 4 is 16.9 Å². The fourth-order valence-corrected chi connectivity index (χ4v) is 4.59.